The number of benzene rings is 1. The van der Waals surface area contributed by atoms with Crippen molar-refractivity contribution in [2.24, 2.45) is 0 Å². The van der Waals surface area contributed by atoms with Gasteiger partial charge in [0.1, 0.15) is 0 Å². The first-order valence-corrected chi connectivity index (χ1v) is 6.97. The van der Waals surface area contributed by atoms with E-state index in [2.05, 4.69) is 10.3 Å². The van der Waals surface area contributed by atoms with Crippen molar-refractivity contribution >= 4 is 45.6 Å². The fourth-order valence-electron chi connectivity index (χ4n) is 1.39. The summed E-state index contributed by atoms with van der Waals surface area (Å²) in [4.78, 5) is 16.1. The SMILES string of the molecule is Cc1ccc(C(=O)Nc2nc(CCl)cs2)c(Cl)c1. The third-order valence-corrected chi connectivity index (χ3v) is 3.67. The van der Waals surface area contributed by atoms with Crippen molar-refractivity contribution in [2.45, 2.75) is 12.8 Å². The Morgan fingerprint density at radius 1 is 1.50 bits per heavy atom. The summed E-state index contributed by atoms with van der Waals surface area (Å²) in [7, 11) is 0. The molecule has 1 aromatic heterocycles. The third-order valence-electron chi connectivity index (χ3n) is 2.28. The number of aryl methyl sites for hydroxylation is 1. The average Bonchev–Trinajstić information content (AvgIpc) is 2.76. The number of thiazole rings is 1. The highest BCUT2D eigenvalue weighted by Gasteiger charge is 2.12. The molecule has 0 aliphatic heterocycles. The quantitative estimate of drug-likeness (QED) is 0.867. The molecule has 0 unspecified atom stereocenters. The van der Waals surface area contributed by atoms with Crippen molar-refractivity contribution in [1.82, 2.24) is 4.98 Å². The average molecular weight is 301 g/mol. The number of halogens is 2. The summed E-state index contributed by atoms with van der Waals surface area (Å²) in [5, 5.41) is 5.46. The van der Waals surface area contributed by atoms with Crippen LogP contribution in [-0.4, -0.2) is 10.9 Å². The largest absolute Gasteiger partial charge is 0.298 e. The summed E-state index contributed by atoms with van der Waals surface area (Å²) >= 11 is 13.0. The number of carbonyl (C=O) groups excluding carboxylic acids is 1. The van der Waals surface area contributed by atoms with E-state index in [1.807, 2.05) is 13.0 Å². The Bertz CT molecular complexity index is 583. The van der Waals surface area contributed by atoms with Crippen LogP contribution in [0.1, 0.15) is 21.6 Å². The van der Waals surface area contributed by atoms with E-state index in [4.69, 9.17) is 23.2 Å². The fraction of sp³-hybridized carbons (Fsp3) is 0.167. The van der Waals surface area contributed by atoms with Gasteiger partial charge < -0.3 is 0 Å². The maximum atomic E-state index is 12.0. The number of amides is 1. The maximum absolute atomic E-state index is 12.0. The molecule has 0 radical (unpaired) electrons. The second-order valence-electron chi connectivity index (χ2n) is 3.72. The van der Waals surface area contributed by atoms with Gasteiger partial charge in [0.2, 0.25) is 0 Å². The predicted octanol–water partition coefficient (Wildman–Crippen LogP) is 4.10. The highest BCUT2D eigenvalue weighted by atomic mass is 35.5. The highest BCUT2D eigenvalue weighted by Crippen LogP contribution is 2.21. The van der Waals surface area contributed by atoms with Gasteiger partial charge in [0.15, 0.2) is 5.13 Å². The fourth-order valence-corrected chi connectivity index (χ4v) is 2.65. The number of nitrogens with zero attached hydrogens (tertiary/aromatic N) is 1. The van der Waals surface area contributed by atoms with Crippen LogP contribution in [0.3, 0.4) is 0 Å². The van der Waals surface area contributed by atoms with Gasteiger partial charge in [-0.3, -0.25) is 10.1 Å². The summed E-state index contributed by atoms with van der Waals surface area (Å²) in [5.41, 5.74) is 2.19. The number of hydrogen-bond acceptors (Lipinski definition) is 3. The molecule has 0 spiro atoms. The molecule has 0 aliphatic carbocycles. The first-order chi connectivity index (χ1) is 8.60. The van der Waals surface area contributed by atoms with E-state index in [1.165, 1.54) is 11.3 Å². The lowest BCUT2D eigenvalue weighted by Crippen LogP contribution is -2.12. The lowest BCUT2D eigenvalue weighted by molar-refractivity contribution is 0.102. The minimum atomic E-state index is -0.268. The molecule has 3 nitrogen and oxygen atoms in total. The number of anilines is 1. The van der Waals surface area contributed by atoms with E-state index >= 15 is 0 Å². The molecule has 0 saturated heterocycles. The molecule has 1 aromatic carbocycles. The van der Waals surface area contributed by atoms with Crippen molar-refractivity contribution in [2.75, 3.05) is 5.32 Å². The monoisotopic (exact) mass is 300 g/mol. The van der Waals surface area contributed by atoms with Crippen LogP contribution in [0.2, 0.25) is 5.02 Å². The smallest absolute Gasteiger partial charge is 0.258 e. The number of rotatable bonds is 3. The molecular weight excluding hydrogens is 291 g/mol. The zero-order valence-electron chi connectivity index (χ0n) is 9.54. The van der Waals surface area contributed by atoms with Crippen LogP contribution in [0.15, 0.2) is 23.6 Å². The predicted molar refractivity (Wildman–Crippen MR) is 75.8 cm³/mol. The second kappa shape index (κ2) is 5.69. The van der Waals surface area contributed by atoms with E-state index in [0.29, 0.717) is 21.6 Å². The Labute approximate surface area is 119 Å². The summed E-state index contributed by atoms with van der Waals surface area (Å²) in [5.74, 6) is 0.0629. The Hall–Kier alpha value is -1.10. The Balaban J connectivity index is 2.16. The van der Waals surface area contributed by atoms with Gasteiger partial charge in [-0.1, -0.05) is 17.7 Å². The number of carbonyl (C=O) groups is 1. The molecule has 0 fully saturated rings. The summed E-state index contributed by atoms with van der Waals surface area (Å²) < 4.78 is 0. The third kappa shape index (κ3) is 3.02. The molecule has 18 heavy (non-hydrogen) atoms. The lowest BCUT2D eigenvalue weighted by Gasteiger charge is -2.04. The minimum Gasteiger partial charge on any atom is -0.298 e. The molecule has 2 rings (SSSR count). The Kier molecular flexibility index (Phi) is 4.22. The summed E-state index contributed by atoms with van der Waals surface area (Å²) in [6.07, 6.45) is 0. The van der Waals surface area contributed by atoms with Crippen LogP contribution in [0.5, 0.6) is 0 Å². The highest BCUT2D eigenvalue weighted by molar-refractivity contribution is 7.14. The topological polar surface area (TPSA) is 42.0 Å². The zero-order valence-corrected chi connectivity index (χ0v) is 11.9. The van der Waals surface area contributed by atoms with Crippen molar-refractivity contribution < 1.29 is 4.79 Å². The van der Waals surface area contributed by atoms with Crippen molar-refractivity contribution in [1.29, 1.82) is 0 Å². The number of hydrogen-bond donors (Lipinski definition) is 1. The molecule has 0 bridgehead atoms. The lowest BCUT2D eigenvalue weighted by atomic mass is 10.1. The Morgan fingerprint density at radius 3 is 2.89 bits per heavy atom. The van der Waals surface area contributed by atoms with E-state index in [9.17, 15) is 4.79 Å². The van der Waals surface area contributed by atoms with Crippen molar-refractivity contribution in [3.8, 4) is 0 Å². The molecule has 6 heteroatoms. The van der Waals surface area contributed by atoms with Crippen LogP contribution >= 0.6 is 34.5 Å². The summed E-state index contributed by atoms with van der Waals surface area (Å²) in [6.45, 7) is 1.92. The van der Waals surface area contributed by atoms with Crippen molar-refractivity contribution in [3.05, 3.63) is 45.4 Å². The molecule has 1 amide bonds. The molecule has 94 valence electrons. The summed E-state index contributed by atoms with van der Waals surface area (Å²) in [6, 6.07) is 5.29. The van der Waals surface area contributed by atoms with E-state index in [1.54, 1.807) is 17.5 Å². The normalized spacial score (nSPS) is 10.4. The first kappa shape index (κ1) is 13.3. The van der Waals surface area contributed by atoms with Gasteiger partial charge in [-0.05, 0) is 24.6 Å². The number of nitrogens with one attached hydrogen (secondary N) is 1. The van der Waals surface area contributed by atoms with Crippen LogP contribution in [0.4, 0.5) is 5.13 Å². The molecule has 0 aliphatic rings. The van der Waals surface area contributed by atoms with Gasteiger partial charge >= 0.3 is 0 Å². The number of aromatic nitrogens is 1. The molecular formula is C12H10Cl2N2OS. The maximum Gasteiger partial charge on any atom is 0.258 e. The van der Waals surface area contributed by atoms with Gasteiger partial charge in [0, 0.05) is 5.38 Å². The zero-order chi connectivity index (χ0) is 13.1. The Morgan fingerprint density at radius 2 is 2.28 bits per heavy atom. The molecule has 0 saturated carbocycles. The van der Waals surface area contributed by atoms with Crippen LogP contribution in [0, 0.1) is 6.92 Å². The van der Waals surface area contributed by atoms with Gasteiger partial charge in [0.25, 0.3) is 5.91 Å². The van der Waals surface area contributed by atoms with E-state index < -0.39 is 0 Å². The second-order valence-corrected chi connectivity index (χ2v) is 5.25. The molecule has 0 atom stereocenters. The first-order valence-electron chi connectivity index (χ1n) is 5.18. The van der Waals surface area contributed by atoms with Crippen LogP contribution in [0.25, 0.3) is 0 Å². The molecule has 1 N–H and O–H groups in total. The van der Waals surface area contributed by atoms with Gasteiger partial charge in [-0.25, -0.2) is 4.98 Å². The van der Waals surface area contributed by atoms with E-state index in [0.717, 1.165) is 11.3 Å². The van der Waals surface area contributed by atoms with Crippen LogP contribution in [-0.2, 0) is 5.88 Å². The van der Waals surface area contributed by atoms with Gasteiger partial charge in [-0.15, -0.1) is 22.9 Å². The minimum absolute atomic E-state index is 0.268. The number of alkyl halides is 1. The molecule has 1 heterocycles. The van der Waals surface area contributed by atoms with Gasteiger partial charge in [-0.2, -0.15) is 0 Å². The van der Waals surface area contributed by atoms with Crippen LogP contribution < -0.4 is 5.32 Å². The standard InChI is InChI=1S/C12H10Cl2N2OS/c1-7-2-3-9(10(14)4-7)11(17)16-12-15-8(5-13)6-18-12/h2-4,6H,5H2,1H3,(H,15,16,17). The van der Waals surface area contributed by atoms with Gasteiger partial charge in [0.05, 0.1) is 22.2 Å². The molecule has 2 aromatic rings. The van der Waals surface area contributed by atoms with E-state index in [-0.39, 0.29) is 5.91 Å². The van der Waals surface area contributed by atoms with Crippen molar-refractivity contribution in [3.63, 3.8) is 0 Å².